The van der Waals surface area contributed by atoms with E-state index in [0.717, 1.165) is 42.3 Å². The molecule has 0 aliphatic heterocycles. The van der Waals surface area contributed by atoms with E-state index in [1.807, 2.05) is 24.3 Å². The van der Waals surface area contributed by atoms with Crippen LogP contribution in [0.1, 0.15) is 42.4 Å². The molecule has 2 N–H and O–H groups in total. The molecule has 110 valence electrons. The fourth-order valence-electron chi connectivity index (χ4n) is 2.12. The predicted octanol–water partition coefficient (Wildman–Crippen LogP) is 4.23. The maximum absolute atomic E-state index is 8.75. The van der Waals surface area contributed by atoms with Crippen LogP contribution in [0.5, 0.6) is 0 Å². The van der Waals surface area contributed by atoms with Gasteiger partial charge in [-0.15, -0.1) is 11.3 Å². The summed E-state index contributed by atoms with van der Waals surface area (Å²) in [5.74, 6) is 0.916. The van der Waals surface area contributed by atoms with Crippen molar-refractivity contribution in [1.82, 2.24) is 5.32 Å². The molecule has 0 radical (unpaired) electrons. The Kier molecular flexibility index (Phi) is 6.60. The van der Waals surface area contributed by atoms with Gasteiger partial charge < -0.3 is 14.8 Å². The second-order valence-corrected chi connectivity index (χ2v) is 6.43. The fraction of sp³-hybridized carbons (Fsp3) is 0.467. The van der Waals surface area contributed by atoms with Crippen LogP contribution in [0, 0.1) is 0 Å². The molecule has 20 heavy (non-hydrogen) atoms. The van der Waals surface area contributed by atoms with Crippen LogP contribution < -0.4 is 5.32 Å². The topological polar surface area (TPSA) is 45.4 Å². The van der Waals surface area contributed by atoms with Crippen molar-refractivity contribution in [3.05, 3.63) is 45.5 Å². The Bertz CT molecular complexity index is 484. The zero-order valence-electron chi connectivity index (χ0n) is 11.3. The van der Waals surface area contributed by atoms with E-state index in [1.54, 1.807) is 17.6 Å². The van der Waals surface area contributed by atoms with Crippen LogP contribution in [-0.4, -0.2) is 18.3 Å². The molecule has 0 bridgehead atoms. The Morgan fingerprint density at radius 1 is 1.20 bits per heavy atom. The van der Waals surface area contributed by atoms with Gasteiger partial charge in [0.1, 0.15) is 11.8 Å². The monoisotopic (exact) mass is 313 g/mol. The van der Waals surface area contributed by atoms with Crippen LogP contribution in [0.15, 0.2) is 34.9 Å². The van der Waals surface area contributed by atoms with E-state index in [4.69, 9.17) is 21.1 Å². The van der Waals surface area contributed by atoms with Gasteiger partial charge in [0.05, 0.1) is 10.6 Å². The molecule has 0 amide bonds. The van der Waals surface area contributed by atoms with E-state index < -0.39 is 0 Å². The lowest BCUT2D eigenvalue weighted by atomic mass is 10.1. The van der Waals surface area contributed by atoms with Crippen molar-refractivity contribution in [3.8, 4) is 0 Å². The number of hydrogen-bond acceptors (Lipinski definition) is 4. The van der Waals surface area contributed by atoms with Gasteiger partial charge in [-0.3, -0.25) is 0 Å². The lowest BCUT2D eigenvalue weighted by Gasteiger charge is -2.15. The molecule has 2 rings (SSSR count). The molecule has 0 aliphatic rings. The first-order valence-corrected chi connectivity index (χ1v) is 8.13. The summed E-state index contributed by atoms with van der Waals surface area (Å²) < 4.78 is 6.32. The SMILES string of the molecule is OCCCCCCNC(c1ccco1)c1ccc(Cl)s1. The van der Waals surface area contributed by atoms with Gasteiger partial charge in [0.15, 0.2) is 0 Å². The number of unbranched alkanes of at least 4 members (excludes halogenated alkanes) is 3. The minimum atomic E-state index is 0.0698. The van der Waals surface area contributed by atoms with Crippen molar-refractivity contribution in [2.24, 2.45) is 0 Å². The summed E-state index contributed by atoms with van der Waals surface area (Å²) in [7, 11) is 0. The van der Waals surface area contributed by atoms with Crippen molar-refractivity contribution in [3.63, 3.8) is 0 Å². The highest BCUT2D eigenvalue weighted by molar-refractivity contribution is 7.16. The highest BCUT2D eigenvalue weighted by Crippen LogP contribution is 2.31. The molecule has 0 spiro atoms. The number of furan rings is 1. The molecule has 1 atom stereocenters. The number of rotatable bonds is 9. The normalized spacial score (nSPS) is 12.7. The smallest absolute Gasteiger partial charge is 0.126 e. The lowest BCUT2D eigenvalue weighted by Crippen LogP contribution is -2.22. The molecule has 2 aromatic heterocycles. The average Bonchev–Trinajstić information content (AvgIpc) is 3.10. The molecule has 1 unspecified atom stereocenters. The molecule has 3 nitrogen and oxygen atoms in total. The summed E-state index contributed by atoms with van der Waals surface area (Å²) >= 11 is 7.60. The standard InChI is InChI=1S/C15H20ClNO2S/c16-14-8-7-13(20-14)15(12-6-5-11-19-12)17-9-3-1-2-4-10-18/h5-8,11,15,17-18H,1-4,9-10H2. The van der Waals surface area contributed by atoms with E-state index in [0.29, 0.717) is 0 Å². The Hall–Kier alpha value is -0.810. The fourth-order valence-corrected chi connectivity index (χ4v) is 3.26. The molecule has 0 aliphatic carbocycles. The quantitative estimate of drug-likeness (QED) is 0.681. The number of hydrogen-bond donors (Lipinski definition) is 2. The molecular formula is C15H20ClNO2S. The third kappa shape index (κ3) is 4.63. The Morgan fingerprint density at radius 2 is 2.05 bits per heavy atom. The van der Waals surface area contributed by atoms with Crippen LogP contribution in [0.3, 0.4) is 0 Å². The third-order valence-electron chi connectivity index (χ3n) is 3.14. The van der Waals surface area contributed by atoms with Gasteiger partial charge in [0.25, 0.3) is 0 Å². The summed E-state index contributed by atoms with van der Waals surface area (Å²) in [6.45, 7) is 1.21. The number of thiophene rings is 1. The summed E-state index contributed by atoms with van der Waals surface area (Å²) in [5, 5.41) is 12.3. The molecule has 0 aromatic carbocycles. The minimum Gasteiger partial charge on any atom is -0.467 e. The molecule has 2 aromatic rings. The maximum atomic E-state index is 8.75. The third-order valence-corrected chi connectivity index (χ3v) is 4.44. The summed E-state index contributed by atoms with van der Waals surface area (Å²) in [6, 6.07) is 7.91. The van der Waals surface area contributed by atoms with Gasteiger partial charge in [-0.05, 0) is 43.7 Å². The Balaban J connectivity index is 1.88. The zero-order chi connectivity index (χ0) is 14.2. The highest BCUT2D eigenvalue weighted by atomic mass is 35.5. The van der Waals surface area contributed by atoms with E-state index >= 15 is 0 Å². The zero-order valence-corrected chi connectivity index (χ0v) is 12.9. The van der Waals surface area contributed by atoms with E-state index in [-0.39, 0.29) is 12.6 Å². The number of aliphatic hydroxyl groups excluding tert-OH is 1. The van der Waals surface area contributed by atoms with Crippen LogP contribution in [0.4, 0.5) is 0 Å². The number of nitrogens with one attached hydrogen (secondary N) is 1. The van der Waals surface area contributed by atoms with Gasteiger partial charge in [-0.25, -0.2) is 0 Å². The Labute approximate surface area is 128 Å². The molecule has 0 saturated heterocycles. The molecule has 0 saturated carbocycles. The molecule has 5 heteroatoms. The molecule has 2 heterocycles. The predicted molar refractivity (Wildman–Crippen MR) is 83.4 cm³/mol. The Morgan fingerprint density at radius 3 is 2.70 bits per heavy atom. The maximum Gasteiger partial charge on any atom is 0.126 e. The van der Waals surface area contributed by atoms with E-state index in [1.165, 1.54) is 4.88 Å². The lowest BCUT2D eigenvalue weighted by molar-refractivity contribution is 0.282. The highest BCUT2D eigenvalue weighted by Gasteiger charge is 2.17. The van der Waals surface area contributed by atoms with Crippen molar-refractivity contribution in [1.29, 1.82) is 0 Å². The number of halogens is 1. The second kappa shape index (κ2) is 8.47. The summed E-state index contributed by atoms with van der Waals surface area (Å²) in [5.41, 5.74) is 0. The van der Waals surface area contributed by atoms with Gasteiger partial charge in [-0.2, -0.15) is 0 Å². The first kappa shape index (κ1) is 15.6. The molecule has 0 fully saturated rings. The first-order valence-electron chi connectivity index (χ1n) is 6.94. The van der Waals surface area contributed by atoms with Gasteiger partial charge in [0.2, 0.25) is 0 Å². The number of aliphatic hydroxyl groups is 1. The van der Waals surface area contributed by atoms with Crippen molar-refractivity contribution >= 4 is 22.9 Å². The second-order valence-electron chi connectivity index (χ2n) is 4.68. The van der Waals surface area contributed by atoms with Gasteiger partial charge in [-0.1, -0.05) is 24.4 Å². The van der Waals surface area contributed by atoms with Crippen LogP contribution in [0.2, 0.25) is 4.34 Å². The van der Waals surface area contributed by atoms with Crippen molar-refractivity contribution in [2.45, 2.75) is 31.7 Å². The van der Waals surface area contributed by atoms with Crippen molar-refractivity contribution in [2.75, 3.05) is 13.2 Å². The summed E-state index contributed by atoms with van der Waals surface area (Å²) in [4.78, 5) is 1.17. The van der Waals surface area contributed by atoms with Crippen LogP contribution >= 0.6 is 22.9 Å². The van der Waals surface area contributed by atoms with Crippen molar-refractivity contribution < 1.29 is 9.52 Å². The van der Waals surface area contributed by atoms with Crippen LogP contribution in [0.25, 0.3) is 0 Å². The van der Waals surface area contributed by atoms with Crippen LogP contribution in [-0.2, 0) is 0 Å². The van der Waals surface area contributed by atoms with Gasteiger partial charge in [0, 0.05) is 11.5 Å². The van der Waals surface area contributed by atoms with Gasteiger partial charge >= 0.3 is 0 Å². The minimum absolute atomic E-state index is 0.0698. The van der Waals surface area contributed by atoms with E-state index in [9.17, 15) is 0 Å². The molecular weight excluding hydrogens is 294 g/mol. The first-order chi connectivity index (χ1) is 9.81. The average molecular weight is 314 g/mol. The largest absolute Gasteiger partial charge is 0.467 e. The summed E-state index contributed by atoms with van der Waals surface area (Å²) in [6.07, 6.45) is 5.89. The van der Waals surface area contributed by atoms with E-state index in [2.05, 4.69) is 5.32 Å².